The highest BCUT2D eigenvalue weighted by Crippen LogP contribution is 2.10. The first kappa shape index (κ1) is 14.6. The van der Waals surface area contributed by atoms with Crippen LogP contribution in [-0.2, 0) is 0 Å². The molecule has 17 heavy (non-hydrogen) atoms. The molecule has 1 heterocycles. The van der Waals surface area contributed by atoms with Gasteiger partial charge in [-0.15, -0.1) is 0 Å². The third-order valence-corrected chi connectivity index (χ3v) is 3.20. The van der Waals surface area contributed by atoms with E-state index < -0.39 is 6.10 Å². The van der Waals surface area contributed by atoms with Gasteiger partial charge in [-0.2, -0.15) is 0 Å². The van der Waals surface area contributed by atoms with E-state index in [1.807, 2.05) is 0 Å². The van der Waals surface area contributed by atoms with Crippen molar-refractivity contribution in [3.8, 4) is 0 Å². The van der Waals surface area contributed by atoms with Crippen LogP contribution in [-0.4, -0.2) is 60.0 Å². The monoisotopic (exact) mass is 242 g/mol. The van der Waals surface area contributed by atoms with E-state index in [4.69, 9.17) is 5.11 Å². The van der Waals surface area contributed by atoms with Crippen molar-refractivity contribution in [2.45, 2.75) is 38.8 Å². The van der Waals surface area contributed by atoms with Gasteiger partial charge in [0.05, 0.1) is 12.7 Å². The van der Waals surface area contributed by atoms with Gasteiger partial charge in [-0.05, 0) is 39.8 Å². The predicted octanol–water partition coefficient (Wildman–Crippen LogP) is 0.360. The molecule has 0 spiro atoms. The molecule has 0 aliphatic carbocycles. The number of likely N-dealkylation sites (tertiary alicyclic amines) is 1. The smallest absolute Gasteiger partial charge is 0.0895 e. The highest BCUT2D eigenvalue weighted by Gasteiger charge is 2.18. The molecular weight excluding hydrogens is 216 g/mol. The fourth-order valence-corrected chi connectivity index (χ4v) is 2.00. The Morgan fingerprint density at radius 2 is 2.06 bits per heavy atom. The Kier molecular flexibility index (Phi) is 6.73. The molecule has 1 saturated heterocycles. The third kappa shape index (κ3) is 6.17. The van der Waals surface area contributed by atoms with Crippen LogP contribution in [0.5, 0.6) is 0 Å². The summed E-state index contributed by atoms with van der Waals surface area (Å²) < 4.78 is 0. The van der Waals surface area contributed by atoms with E-state index in [0.29, 0.717) is 12.6 Å². The van der Waals surface area contributed by atoms with Crippen molar-refractivity contribution >= 4 is 0 Å². The second-order valence-electron chi connectivity index (χ2n) is 5.10. The molecule has 1 rings (SSSR count). The number of nitrogens with zero attached hydrogens (tertiary/aromatic N) is 1. The minimum atomic E-state index is -0.626. The number of piperidine rings is 1. The van der Waals surface area contributed by atoms with Crippen LogP contribution in [0.2, 0.25) is 0 Å². The Labute approximate surface area is 104 Å². The number of aliphatic hydroxyl groups excluding tert-OH is 2. The lowest BCUT2D eigenvalue weighted by Crippen LogP contribution is -2.45. The minimum absolute atomic E-state index is 0.160. The van der Waals surface area contributed by atoms with Crippen molar-refractivity contribution in [1.82, 2.24) is 10.2 Å². The van der Waals surface area contributed by atoms with E-state index in [9.17, 15) is 5.11 Å². The van der Waals surface area contributed by atoms with Gasteiger partial charge in [-0.1, -0.05) is 11.6 Å². The molecule has 4 heteroatoms. The van der Waals surface area contributed by atoms with Gasteiger partial charge in [0.2, 0.25) is 0 Å². The maximum absolute atomic E-state index is 9.26. The van der Waals surface area contributed by atoms with Crippen LogP contribution in [0, 0.1) is 0 Å². The van der Waals surface area contributed by atoms with Crippen molar-refractivity contribution in [1.29, 1.82) is 0 Å². The zero-order valence-corrected chi connectivity index (χ0v) is 11.0. The molecule has 1 aliphatic heterocycles. The van der Waals surface area contributed by atoms with Gasteiger partial charge in [0.25, 0.3) is 0 Å². The second-order valence-corrected chi connectivity index (χ2v) is 5.10. The van der Waals surface area contributed by atoms with Crippen molar-refractivity contribution in [3.05, 3.63) is 11.6 Å². The Bertz CT molecular complexity index is 232. The molecule has 1 aliphatic rings. The van der Waals surface area contributed by atoms with Crippen LogP contribution in [0.15, 0.2) is 11.6 Å². The number of allylic oxidation sites excluding steroid dienone is 1. The first-order valence-corrected chi connectivity index (χ1v) is 6.50. The predicted molar refractivity (Wildman–Crippen MR) is 70.0 cm³/mol. The van der Waals surface area contributed by atoms with Crippen LogP contribution in [0.4, 0.5) is 0 Å². The quantitative estimate of drug-likeness (QED) is 0.589. The normalized spacial score (nSPS) is 20.2. The first-order chi connectivity index (χ1) is 8.11. The van der Waals surface area contributed by atoms with E-state index in [1.165, 1.54) is 5.57 Å². The number of hydrogen-bond acceptors (Lipinski definition) is 4. The van der Waals surface area contributed by atoms with Gasteiger partial charge in [-0.3, -0.25) is 4.90 Å². The number of nitrogens with one attached hydrogen (secondary N) is 1. The lowest BCUT2D eigenvalue weighted by atomic mass is 10.0. The first-order valence-electron chi connectivity index (χ1n) is 6.50. The molecule has 1 atom stereocenters. The van der Waals surface area contributed by atoms with Crippen molar-refractivity contribution in [2.24, 2.45) is 0 Å². The van der Waals surface area contributed by atoms with Crippen molar-refractivity contribution in [2.75, 3.05) is 32.8 Å². The lowest BCUT2D eigenvalue weighted by Gasteiger charge is -2.32. The van der Waals surface area contributed by atoms with Gasteiger partial charge in [0, 0.05) is 19.1 Å². The van der Waals surface area contributed by atoms with E-state index >= 15 is 0 Å². The zero-order valence-electron chi connectivity index (χ0n) is 11.0. The molecule has 0 bridgehead atoms. The summed E-state index contributed by atoms with van der Waals surface area (Å²) in [5.74, 6) is 0. The van der Waals surface area contributed by atoms with Gasteiger partial charge in [-0.25, -0.2) is 0 Å². The van der Waals surface area contributed by atoms with Crippen LogP contribution in [0.25, 0.3) is 0 Å². The van der Waals surface area contributed by atoms with Gasteiger partial charge >= 0.3 is 0 Å². The molecule has 100 valence electrons. The Hall–Kier alpha value is -0.420. The molecule has 3 N–H and O–H groups in total. The Morgan fingerprint density at radius 3 is 2.59 bits per heavy atom. The fraction of sp³-hybridized carbons (Fsp3) is 0.846. The second kappa shape index (κ2) is 7.82. The summed E-state index contributed by atoms with van der Waals surface area (Å²) in [4.78, 5) is 2.45. The highest BCUT2D eigenvalue weighted by molar-refractivity contribution is 4.95. The molecule has 0 radical (unpaired) electrons. The topological polar surface area (TPSA) is 55.7 Å². The summed E-state index contributed by atoms with van der Waals surface area (Å²) in [6.07, 6.45) is 3.88. The van der Waals surface area contributed by atoms with E-state index in [2.05, 4.69) is 30.1 Å². The molecule has 0 aromatic rings. The summed E-state index contributed by atoms with van der Waals surface area (Å²) in [6.45, 7) is 7.86. The van der Waals surface area contributed by atoms with E-state index in [0.717, 1.165) is 32.5 Å². The highest BCUT2D eigenvalue weighted by atomic mass is 16.3. The fourth-order valence-electron chi connectivity index (χ4n) is 2.00. The number of aliphatic hydroxyl groups is 2. The van der Waals surface area contributed by atoms with Crippen LogP contribution in [0.1, 0.15) is 26.7 Å². The standard InChI is InChI=1S/C13H26N2O2/c1-11(2)3-6-15-7-4-12(5-8-15)14-9-13(17)10-16/h3,12-14,16-17H,4-10H2,1-2H3. The molecule has 0 saturated carbocycles. The third-order valence-electron chi connectivity index (χ3n) is 3.20. The number of rotatable bonds is 6. The molecule has 4 nitrogen and oxygen atoms in total. The van der Waals surface area contributed by atoms with E-state index in [1.54, 1.807) is 0 Å². The lowest BCUT2D eigenvalue weighted by molar-refractivity contribution is 0.0882. The SMILES string of the molecule is CC(C)=CCN1CCC(NCC(O)CO)CC1. The van der Waals surface area contributed by atoms with Gasteiger partial charge < -0.3 is 15.5 Å². The van der Waals surface area contributed by atoms with Gasteiger partial charge in [0.1, 0.15) is 0 Å². The maximum atomic E-state index is 9.26. The van der Waals surface area contributed by atoms with E-state index in [-0.39, 0.29) is 6.61 Å². The van der Waals surface area contributed by atoms with Crippen LogP contribution in [0.3, 0.4) is 0 Å². The Balaban J connectivity index is 2.15. The summed E-state index contributed by atoms with van der Waals surface area (Å²) >= 11 is 0. The summed E-state index contributed by atoms with van der Waals surface area (Å²) in [6, 6.07) is 0.485. The average molecular weight is 242 g/mol. The molecule has 0 amide bonds. The number of hydrogen-bond donors (Lipinski definition) is 3. The molecule has 1 fully saturated rings. The molecule has 0 aromatic heterocycles. The minimum Gasteiger partial charge on any atom is -0.394 e. The molecule has 1 unspecified atom stereocenters. The largest absolute Gasteiger partial charge is 0.394 e. The van der Waals surface area contributed by atoms with Crippen LogP contribution >= 0.6 is 0 Å². The summed E-state index contributed by atoms with van der Waals surface area (Å²) in [5, 5.41) is 21.3. The van der Waals surface area contributed by atoms with Crippen molar-refractivity contribution in [3.63, 3.8) is 0 Å². The average Bonchev–Trinajstić information content (AvgIpc) is 2.34. The van der Waals surface area contributed by atoms with Crippen molar-refractivity contribution < 1.29 is 10.2 Å². The molecule has 0 aromatic carbocycles. The molecular formula is C13H26N2O2. The summed E-state index contributed by atoms with van der Waals surface area (Å²) in [5.41, 5.74) is 1.37. The maximum Gasteiger partial charge on any atom is 0.0895 e. The Morgan fingerprint density at radius 1 is 1.41 bits per heavy atom. The summed E-state index contributed by atoms with van der Waals surface area (Å²) in [7, 11) is 0. The van der Waals surface area contributed by atoms with Gasteiger partial charge in [0.15, 0.2) is 0 Å². The zero-order chi connectivity index (χ0) is 12.7. The van der Waals surface area contributed by atoms with Crippen LogP contribution < -0.4 is 5.32 Å².